The first-order valence-corrected chi connectivity index (χ1v) is 7.18. The van der Waals surface area contributed by atoms with Gasteiger partial charge in [-0.1, -0.05) is 0 Å². The van der Waals surface area contributed by atoms with Gasteiger partial charge in [-0.05, 0) is 39.2 Å². The van der Waals surface area contributed by atoms with Gasteiger partial charge in [0.1, 0.15) is 5.82 Å². The third-order valence-electron chi connectivity index (χ3n) is 4.23. The van der Waals surface area contributed by atoms with Gasteiger partial charge in [0.15, 0.2) is 0 Å². The summed E-state index contributed by atoms with van der Waals surface area (Å²) in [6, 6.07) is 0.596. The molecular weight excluding hydrogens is 297 g/mol. The lowest BCUT2D eigenvalue weighted by molar-refractivity contribution is 0.0822. The molecule has 2 saturated heterocycles. The van der Waals surface area contributed by atoms with E-state index in [-0.39, 0.29) is 24.8 Å². The molecule has 1 aromatic rings. The molecule has 0 spiro atoms. The van der Waals surface area contributed by atoms with E-state index in [1.54, 1.807) is 0 Å². The molecular formula is C14H25Cl2N3O. The molecule has 2 fully saturated rings. The third kappa shape index (κ3) is 3.67. The van der Waals surface area contributed by atoms with Crippen LogP contribution < -0.4 is 5.32 Å². The van der Waals surface area contributed by atoms with Gasteiger partial charge in [-0.2, -0.15) is 0 Å². The number of nitrogens with zero attached hydrogens (tertiary/aromatic N) is 2. The van der Waals surface area contributed by atoms with E-state index in [2.05, 4.69) is 16.8 Å². The largest absolute Gasteiger partial charge is 0.381 e. The van der Waals surface area contributed by atoms with Gasteiger partial charge in [0, 0.05) is 43.6 Å². The Bertz CT molecular complexity index is 399. The summed E-state index contributed by atoms with van der Waals surface area (Å²) in [4.78, 5) is 4.69. The molecule has 0 aromatic carbocycles. The van der Waals surface area contributed by atoms with Crippen molar-refractivity contribution in [2.75, 3.05) is 26.3 Å². The maximum absolute atomic E-state index is 5.46. The van der Waals surface area contributed by atoms with E-state index in [4.69, 9.17) is 9.72 Å². The summed E-state index contributed by atoms with van der Waals surface area (Å²) in [5.41, 5.74) is 1.31. The van der Waals surface area contributed by atoms with Crippen molar-refractivity contribution in [2.45, 2.75) is 44.6 Å². The number of imidazole rings is 1. The Morgan fingerprint density at radius 1 is 1.25 bits per heavy atom. The molecule has 1 atom stereocenters. The summed E-state index contributed by atoms with van der Waals surface area (Å²) in [6.07, 6.45) is 6.84. The molecule has 0 amide bonds. The van der Waals surface area contributed by atoms with E-state index in [1.807, 2.05) is 6.20 Å². The number of hydrogen-bond donors (Lipinski definition) is 1. The Morgan fingerprint density at radius 3 is 2.65 bits per heavy atom. The molecule has 2 aliphatic heterocycles. The van der Waals surface area contributed by atoms with Crippen LogP contribution in [0.15, 0.2) is 6.20 Å². The van der Waals surface area contributed by atoms with Crippen molar-refractivity contribution in [1.29, 1.82) is 0 Å². The summed E-state index contributed by atoms with van der Waals surface area (Å²) in [5.74, 6) is 1.89. The second-order valence-electron chi connectivity index (χ2n) is 5.51. The van der Waals surface area contributed by atoms with E-state index in [0.717, 1.165) is 39.1 Å². The van der Waals surface area contributed by atoms with Crippen LogP contribution in [0.3, 0.4) is 0 Å². The van der Waals surface area contributed by atoms with Gasteiger partial charge < -0.3 is 14.6 Å². The topological polar surface area (TPSA) is 39.1 Å². The minimum atomic E-state index is 0. The molecule has 1 N–H and O–H groups in total. The second kappa shape index (κ2) is 8.23. The molecule has 116 valence electrons. The predicted molar refractivity (Wildman–Crippen MR) is 85.4 cm³/mol. The van der Waals surface area contributed by atoms with Crippen LogP contribution in [0.4, 0.5) is 0 Å². The number of ether oxygens (including phenoxy) is 1. The number of hydrogen-bond acceptors (Lipinski definition) is 3. The lowest BCUT2D eigenvalue weighted by Crippen LogP contribution is -2.33. The number of nitrogens with one attached hydrogen (secondary N) is 1. The average Bonchev–Trinajstić information content (AvgIpc) is 2.83. The van der Waals surface area contributed by atoms with Crippen molar-refractivity contribution < 1.29 is 4.74 Å². The molecule has 6 heteroatoms. The summed E-state index contributed by atoms with van der Waals surface area (Å²) in [6.45, 7) is 6.22. The quantitative estimate of drug-likeness (QED) is 0.910. The van der Waals surface area contributed by atoms with Crippen LogP contribution in [0.25, 0.3) is 0 Å². The van der Waals surface area contributed by atoms with E-state index >= 15 is 0 Å². The Balaban J connectivity index is 0.000001000. The van der Waals surface area contributed by atoms with Crippen molar-refractivity contribution in [2.24, 2.45) is 0 Å². The van der Waals surface area contributed by atoms with Gasteiger partial charge in [0.2, 0.25) is 0 Å². The van der Waals surface area contributed by atoms with Gasteiger partial charge in [-0.3, -0.25) is 0 Å². The van der Waals surface area contributed by atoms with Crippen LogP contribution in [0, 0.1) is 6.92 Å². The molecule has 2 aliphatic rings. The molecule has 3 heterocycles. The molecule has 3 rings (SSSR count). The molecule has 0 aliphatic carbocycles. The highest BCUT2D eigenvalue weighted by molar-refractivity contribution is 5.85. The van der Waals surface area contributed by atoms with Gasteiger partial charge >= 0.3 is 0 Å². The third-order valence-corrected chi connectivity index (χ3v) is 4.23. The summed E-state index contributed by atoms with van der Waals surface area (Å²) in [5, 5.41) is 3.51. The van der Waals surface area contributed by atoms with Crippen LogP contribution in [-0.4, -0.2) is 35.9 Å². The predicted octanol–water partition coefficient (Wildman–Crippen LogP) is 2.85. The molecule has 20 heavy (non-hydrogen) atoms. The smallest absolute Gasteiger partial charge is 0.112 e. The summed E-state index contributed by atoms with van der Waals surface area (Å²) in [7, 11) is 0. The van der Waals surface area contributed by atoms with Gasteiger partial charge in [0.05, 0.1) is 0 Å². The molecule has 1 aromatic heterocycles. The van der Waals surface area contributed by atoms with Crippen molar-refractivity contribution in [3.63, 3.8) is 0 Å². The Labute approximate surface area is 133 Å². The number of piperidine rings is 1. The maximum Gasteiger partial charge on any atom is 0.112 e. The van der Waals surface area contributed by atoms with Crippen molar-refractivity contribution in [3.8, 4) is 0 Å². The second-order valence-corrected chi connectivity index (χ2v) is 5.51. The monoisotopic (exact) mass is 321 g/mol. The van der Waals surface area contributed by atoms with Gasteiger partial charge in [0.25, 0.3) is 0 Å². The number of aromatic nitrogens is 2. The molecule has 4 nitrogen and oxygen atoms in total. The highest BCUT2D eigenvalue weighted by atomic mass is 35.5. The first kappa shape index (κ1) is 17.8. The number of halogens is 2. The van der Waals surface area contributed by atoms with E-state index in [1.165, 1.54) is 24.4 Å². The SMILES string of the molecule is Cc1cnc(C2CCOCC2)n1C1CCCNC1.Cl.Cl. The average molecular weight is 322 g/mol. The zero-order valence-electron chi connectivity index (χ0n) is 12.0. The maximum atomic E-state index is 5.46. The Kier molecular flexibility index (Phi) is 7.30. The molecule has 0 radical (unpaired) electrons. The molecule has 0 saturated carbocycles. The molecule has 1 unspecified atom stereocenters. The van der Waals surface area contributed by atoms with Crippen molar-refractivity contribution in [1.82, 2.24) is 14.9 Å². The minimum Gasteiger partial charge on any atom is -0.381 e. The van der Waals surface area contributed by atoms with E-state index < -0.39 is 0 Å². The lowest BCUT2D eigenvalue weighted by atomic mass is 9.98. The van der Waals surface area contributed by atoms with Crippen LogP contribution >= 0.6 is 24.8 Å². The zero-order valence-corrected chi connectivity index (χ0v) is 13.6. The van der Waals surface area contributed by atoms with E-state index in [0.29, 0.717) is 12.0 Å². The van der Waals surface area contributed by atoms with E-state index in [9.17, 15) is 0 Å². The fraction of sp³-hybridized carbons (Fsp3) is 0.786. The fourth-order valence-electron chi connectivity index (χ4n) is 3.25. The fourth-order valence-corrected chi connectivity index (χ4v) is 3.25. The van der Waals surface area contributed by atoms with Crippen molar-refractivity contribution in [3.05, 3.63) is 17.7 Å². The Hall–Kier alpha value is -0.290. The first-order chi connectivity index (χ1) is 8.86. The summed E-state index contributed by atoms with van der Waals surface area (Å²) < 4.78 is 7.95. The van der Waals surface area contributed by atoms with Crippen LogP contribution in [0.2, 0.25) is 0 Å². The highest BCUT2D eigenvalue weighted by Crippen LogP contribution is 2.30. The highest BCUT2D eigenvalue weighted by Gasteiger charge is 2.25. The Morgan fingerprint density at radius 2 is 2.00 bits per heavy atom. The normalized spacial score (nSPS) is 23.8. The lowest BCUT2D eigenvalue weighted by Gasteiger charge is -2.30. The zero-order chi connectivity index (χ0) is 12.4. The van der Waals surface area contributed by atoms with Crippen molar-refractivity contribution >= 4 is 24.8 Å². The number of aryl methyl sites for hydroxylation is 1. The van der Waals surface area contributed by atoms with Gasteiger partial charge in [-0.25, -0.2) is 4.98 Å². The van der Waals surface area contributed by atoms with Gasteiger partial charge in [-0.15, -0.1) is 24.8 Å². The van der Waals surface area contributed by atoms with Crippen LogP contribution in [0.5, 0.6) is 0 Å². The standard InChI is InChI=1S/C14H23N3O.2ClH/c1-11-9-16-14(12-4-7-18-8-5-12)17(11)13-3-2-6-15-10-13;;/h9,12-13,15H,2-8,10H2,1H3;2*1H. The first-order valence-electron chi connectivity index (χ1n) is 7.18. The minimum absolute atomic E-state index is 0. The van der Waals surface area contributed by atoms with Crippen LogP contribution in [0.1, 0.15) is 49.2 Å². The van der Waals surface area contributed by atoms with Crippen LogP contribution in [-0.2, 0) is 4.74 Å². The molecule has 0 bridgehead atoms. The summed E-state index contributed by atoms with van der Waals surface area (Å²) >= 11 is 0. The number of rotatable bonds is 2.